The summed E-state index contributed by atoms with van der Waals surface area (Å²) in [7, 11) is 0. The molecule has 10 heteroatoms. The Hall–Kier alpha value is -4.73. The highest BCUT2D eigenvalue weighted by atomic mass is 16.6. The van der Waals surface area contributed by atoms with Crippen LogP contribution in [0.1, 0.15) is 43.4 Å². The lowest BCUT2D eigenvalue weighted by Crippen LogP contribution is -2.24. The number of furan rings is 1. The van der Waals surface area contributed by atoms with Crippen molar-refractivity contribution in [2.45, 2.75) is 26.9 Å². The largest absolute Gasteiger partial charge is 0.467 e. The van der Waals surface area contributed by atoms with E-state index in [0.717, 1.165) is 5.56 Å². The van der Waals surface area contributed by atoms with Crippen molar-refractivity contribution in [2.75, 3.05) is 5.32 Å². The summed E-state index contributed by atoms with van der Waals surface area (Å²) in [4.78, 5) is 36.2. The molecule has 4 rings (SSSR count). The predicted octanol–water partition coefficient (Wildman–Crippen LogP) is 4.23. The molecule has 0 spiro atoms. The number of nitro groups is 1. The molecule has 35 heavy (non-hydrogen) atoms. The maximum atomic E-state index is 12.8. The summed E-state index contributed by atoms with van der Waals surface area (Å²) in [6.07, 6.45) is 1.53. The zero-order chi connectivity index (χ0) is 24.9. The van der Waals surface area contributed by atoms with Gasteiger partial charge in [-0.1, -0.05) is 24.3 Å². The molecule has 178 valence electrons. The molecule has 0 unspecified atom stereocenters. The topological polar surface area (TPSA) is 132 Å². The van der Waals surface area contributed by atoms with Crippen LogP contribution in [0.3, 0.4) is 0 Å². The van der Waals surface area contributed by atoms with Gasteiger partial charge in [0, 0.05) is 5.56 Å². The number of hydrogen-bond donors (Lipinski definition) is 2. The molecule has 0 aliphatic carbocycles. The third-order valence-electron chi connectivity index (χ3n) is 5.50. The van der Waals surface area contributed by atoms with Gasteiger partial charge in [0.2, 0.25) is 0 Å². The van der Waals surface area contributed by atoms with Crippen LogP contribution in [0.2, 0.25) is 0 Å². The van der Waals surface area contributed by atoms with E-state index in [0.29, 0.717) is 40.5 Å². The average molecular weight is 473 g/mol. The summed E-state index contributed by atoms with van der Waals surface area (Å²) < 4.78 is 6.79. The number of nitrogens with zero attached hydrogens (tertiary/aromatic N) is 3. The second kappa shape index (κ2) is 10.0. The minimum absolute atomic E-state index is 0.00728. The van der Waals surface area contributed by atoms with E-state index in [2.05, 4.69) is 15.7 Å². The molecule has 0 fully saturated rings. The van der Waals surface area contributed by atoms with Crippen molar-refractivity contribution in [3.63, 3.8) is 0 Å². The molecular formula is C25H23N5O5. The lowest BCUT2D eigenvalue weighted by molar-refractivity contribution is -0.386. The van der Waals surface area contributed by atoms with Crippen LogP contribution in [0.25, 0.3) is 0 Å². The first-order valence-corrected chi connectivity index (χ1v) is 10.8. The van der Waals surface area contributed by atoms with E-state index in [1.54, 1.807) is 79.2 Å². The molecular weight excluding hydrogens is 450 g/mol. The summed E-state index contributed by atoms with van der Waals surface area (Å²) in [6.45, 7) is 3.82. The zero-order valence-corrected chi connectivity index (χ0v) is 19.1. The Bertz CT molecular complexity index is 1370. The van der Waals surface area contributed by atoms with Crippen LogP contribution >= 0.6 is 0 Å². The van der Waals surface area contributed by atoms with Crippen molar-refractivity contribution in [2.24, 2.45) is 0 Å². The summed E-state index contributed by atoms with van der Waals surface area (Å²) in [6, 6.07) is 17.1. The zero-order valence-electron chi connectivity index (χ0n) is 19.1. The molecule has 2 heterocycles. The maximum absolute atomic E-state index is 12.8. The van der Waals surface area contributed by atoms with Crippen molar-refractivity contribution in [3.8, 4) is 0 Å². The van der Waals surface area contributed by atoms with Gasteiger partial charge < -0.3 is 15.1 Å². The SMILES string of the molecule is Cc1nn(Cc2ccc(C(=O)Nc3ccccc3C(=O)NCc3ccco3)cc2)c(C)c1[N+](=O)[O-]. The monoisotopic (exact) mass is 473 g/mol. The molecule has 2 amide bonds. The lowest BCUT2D eigenvalue weighted by atomic mass is 10.1. The van der Waals surface area contributed by atoms with E-state index in [4.69, 9.17) is 4.42 Å². The molecule has 0 saturated heterocycles. The highest BCUT2D eigenvalue weighted by Crippen LogP contribution is 2.23. The molecule has 0 atom stereocenters. The number of carbonyl (C=O) groups is 2. The Labute approximate surface area is 200 Å². The van der Waals surface area contributed by atoms with E-state index < -0.39 is 4.92 Å². The van der Waals surface area contributed by atoms with Crippen molar-refractivity contribution >= 4 is 23.2 Å². The fraction of sp³-hybridized carbons (Fsp3) is 0.160. The quantitative estimate of drug-likeness (QED) is 0.291. The molecule has 0 bridgehead atoms. The Kier molecular flexibility index (Phi) is 6.72. The van der Waals surface area contributed by atoms with Gasteiger partial charge in [0.05, 0.1) is 35.5 Å². The molecule has 2 N–H and O–H groups in total. The van der Waals surface area contributed by atoms with Crippen LogP contribution in [0.15, 0.2) is 71.3 Å². The van der Waals surface area contributed by atoms with E-state index in [-0.39, 0.29) is 24.0 Å². The second-order valence-corrected chi connectivity index (χ2v) is 7.89. The number of carbonyl (C=O) groups excluding carboxylic acids is 2. The van der Waals surface area contributed by atoms with Gasteiger partial charge in [-0.25, -0.2) is 0 Å². The highest BCUT2D eigenvalue weighted by Gasteiger charge is 2.21. The van der Waals surface area contributed by atoms with Crippen molar-refractivity contribution in [3.05, 3.63) is 111 Å². The third-order valence-corrected chi connectivity index (χ3v) is 5.50. The average Bonchev–Trinajstić information content (AvgIpc) is 3.45. The first kappa shape index (κ1) is 23.4. The summed E-state index contributed by atoms with van der Waals surface area (Å²) >= 11 is 0. The normalized spacial score (nSPS) is 10.7. The summed E-state index contributed by atoms with van der Waals surface area (Å²) in [5.41, 5.74) is 2.78. The number of hydrogen-bond acceptors (Lipinski definition) is 6. The minimum Gasteiger partial charge on any atom is -0.467 e. The van der Waals surface area contributed by atoms with E-state index in [1.165, 1.54) is 6.26 Å². The number of anilines is 1. The fourth-order valence-electron chi connectivity index (χ4n) is 3.70. The Morgan fingerprint density at radius 3 is 2.43 bits per heavy atom. The van der Waals surface area contributed by atoms with E-state index in [1.807, 2.05) is 0 Å². The van der Waals surface area contributed by atoms with Crippen LogP contribution in [0, 0.1) is 24.0 Å². The number of para-hydroxylation sites is 1. The lowest BCUT2D eigenvalue weighted by Gasteiger charge is -2.11. The molecule has 2 aromatic carbocycles. The van der Waals surface area contributed by atoms with Crippen LogP contribution in [0.4, 0.5) is 11.4 Å². The number of amides is 2. The molecule has 10 nitrogen and oxygen atoms in total. The van der Waals surface area contributed by atoms with Crippen molar-refractivity contribution in [1.82, 2.24) is 15.1 Å². The Morgan fingerprint density at radius 1 is 1.03 bits per heavy atom. The van der Waals surface area contributed by atoms with Crippen LogP contribution < -0.4 is 10.6 Å². The predicted molar refractivity (Wildman–Crippen MR) is 128 cm³/mol. The van der Waals surface area contributed by atoms with Crippen LogP contribution in [-0.4, -0.2) is 26.5 Å². The van der Waals surface area contributed by atoms with Gasteiger partial charge in [-0.05, 0) is 55.8 Å². The molecule has 0 aliphatic heterocycles. The van der Waals surface area contributed by atoms with E-state index in [9.17, 15) is 19.7 Å². The number of rotatable bonds is 8. The van der Waals surface area contributed by atoms with E-state index >= 15 is 0 Å². The number of nitrogens with one attached hydrogen (secondary N) is 2. The highest BCUT2D eigenvalue weighted by molar-refractivity contribution is 6.09. The molecule has 0 aliphatic rings. The number of benzene rings is 2. The number of aryl methyl sites for hydroxylation is 1. The summed E-state index contributed by atoms with van der Waals surface area (Å²) in [5, 5.41) is 21.0. The molecule has 4 aromatic rings. The van der Waals surface area contributed by atoms with Crippen LogP contribution in [0.5, 0.6) is 0 Å². The second-order valence-electron chi connectivity index (χ2n) is 7.89. The first-order valence-electron chi connectivity index (χ1n) is 10.8. The Morgan fingerprint density at radius 2 is 1.77 bits per heavy atom. The van der Waals surface area contributed by atoms with Gasteiger partial charge >= 0.3 is 5.69 Å². The smallest absolute Gasteiger partial charge is 0.312 e. The van der Waals surface area contributed by atoms with Crippen molar-refractivity contribution in [1.29, 1.82) is 0 Å². The molecule has 0 radical (unpaired) electrons. The Balaban J connectivity index is 1.43. The number of aromatic nitrogens is 2. The van der Waals surface area contributed by atoms with Gasteiger partial charge in [-0.2, -0.15) is 5.10 Å². The van der Waals surface area contributed by atoms with Gasteiger partial charge in [0.1, 0.15) is 17.1 Å². The van der Waals surface area contributed by atoms with Gasteiger partial charge in [-0.3, -0.25) is 24.4 Å². The van der Waals surface area contributed by atoms with Gasteiger partial charge in [0.15, 0.2) is 0 Å². The summed E-state index contributed by atoms with van der Waals surface area (Å²) in [5.74, 6) is -0.0914. The van der Waals surface area contributed by atoms with Gasteiger partial charge in [-0.15, -0.1) is 0 Å². The molecule has 0 saturated carbocycles. The maximum Gasteiger partial charge on any atom is 0.312 e. The standard InChI is InChI=1S/C25H23N5O5/c1-16-23(30(33)34)17(2)29(28-16)15-18-9-11-19(12-10-18)24(31)27-22-8-4-3-7-21(22)25(32)26-14-20-6-5-13-35-20/h3-13H,14-15H2,1-2H3,(H,26,32)(H,27,31). The van der Waals surface area contributed by atoms with Gasteiger partial charge in [0.25, 0.3) is 11.8 Å². The minimum atomic E-state index is -0.434. The fourth-order valence-corrected chi connectivity index (χ4v) is 3.70. The molecule has 2 aromatic heterocycles. The first-order chi connectivity index (χ1) is 16.8. The van der Waals surface area contributed by atoms with Crippen LogP contribution in [-0.2, 0) is 13.1 Å². The van der Waals surface area contributed by atoms with Crippen molar-refractivity contribution < 1.29 is 18.9 Å². The third kappa shape index (κ3) is 5.27.